The van der Waals surface area contributed by atoms with E-state index >= 15 is 0 Å². The monoisotopic (exact) mass is 480 g/mol. The molecule has 0 atom stereocenters. The van der Waals surface area contributed by atoms with Gasteiger partial charge in [0.15, 0.2) is 6.61 Å². The van der Waals surface area contributed by atoms with Crippen molar-refractivity contribution >= 4 is 52.8 Å². The van der Waals surface area contributed by atoms with Crippen molar-refractivity contribution in [2.45, 2.75) is 12.8 Å². The number of ether oxygens (including phenoxy) is 1. The molecule has 0 bridgehead atoms. The highest BCUT2D eigenvalue weighted by Gasteiger charge is 2.13. The molecule has 0 saturated carbocycles. The minimum absolute atomic E-state index is 0.169. The summed E-state index contributed by atoms with van der Waals surface area (Å²) in [6.45, 7) is -0.662. The molecule has 2 aromatic rings. The third-order valence-electron chi connectivity index (χ3n) is 3.78. The largest absolute Gasteiger partial charge is 0.455 e. The maximum atomic E-state index is 11.9. The number of hydrogen-bond acceptors (Lipinski definition) is 6. The second-order valence-electron chi connectivity index (χ2n) is 6.15. The topological polar surface area (TPSA) is 143 Å². The Balaban J connectivity index is 1.62. The lowest BCUT2D eigenvalue weighted by atomic mass is 10.2. The van der Waals surface area contributed by atoms with E-state index in [0.717, 1.165) is 0 Å². The van der Waals surface area contributed by atoms with Crippen molar-refractivity contribution in [1.82, 2.24) is 21.7 Å². The molecule has 0 unspecified atom stereocenters. The average Bonchev–Trinajstić information content (AvgIpc) is 2.79. The van der Waals surface area contributed by atoms with E-state index in [4.69, 9.17) is 27.9 Å². The molecule has 0 aliphatic rings. The van der Waals surface area contributed by atoms with Crippen LogP contribution in [0.1, 0.15) is 33.6 Å². The lowest BCUT2D eigenvalue weighted by Crippen LogP contribution is -2.43. The Kier molecular flexibility index (Phi) is 9.45. The Morgan fingerprint density at radius 2 is 1.34 bits per heavy atom. The molecule has 0 heterocycles. The minimum Gasteiger partial charge on any atom is -0.455 e. The van der Waals surface area contributed by atoms with Crippen molar-refractivity contribution in [3.05, 3.63) is 69.7 Å². The first kappa shape index (κ1) is 24.6. The van der Waals surface area contributed by atoms with Crippen LogP contribution in [0.2, 0.25) is 10.0 Å². The second kappa shape index (κ2) is 12.3. The molecule has 2 rings (SSSR count). The van der Waals surface area contributed by atoms with Crippen molar-refractivity contribution in [2.75, 3.05) is 6.61 Å². The maximum Gasteiger partial charge on any atom is 0.306 e. The van der Waals surface area contributed by atoms with Gasteiger partial charge in [-0.05, 0) is 36.4 Å². The number of carbonyl (C=O) groups is 5. The lowest BCUT2D eigenvalue weighted by Gasteiger charge is -2.09. The van der Waals surface area contributed by atoms with Crippen LogP contribution in [0.15, 0.2) is 48.5 Å². The van der Waals surface area contributed by atoms with Gasteiger partial charge in [0.05, 0.1) is 17.0 Å². The van der Waals surface area contributed by atoms with Crippen LogP contribution in [0, 0.1) is 0 Å². The molecule has 0 spiro atoms. The zero-order valence-electron chi connectivity index (χ0n) is 16.4. The maximum absolute atomic E-state index is 11.9. The molecule has 4 N–H and O–H groups in total. The van der Waals surface area contributed by atoms with Crippen LogP contribution in [0.3, 0.4) is 0 Å². The van der Waals surface area contributed by atoms with Crippen molar-refractivity contribution in [3.8, 4) is 0 Å². The first-order valence-electron chi connectivity index (χ1n) is 9.10. The van der Waals surface area contributed by atoms with Gasteiger partial charge in [-0.1, -0.05) is 35.3 Å². The molecule has 0 aromatic heterocycles. The number of esters is 1. The molecule has 0 saturated heterocycles. The molecule has 2 aromatic carbocycles. The summed E-state index contributed by atoms with van der Waals surface area (Å²) in [6, 6.07) is 12.2. The van der Waals surface area contributed by atoms with E-state index in [1.165, 1.54) is 36.4 Å². The Hall–Kier alpha value is -3.63. The van der Waals surface area contributed by atoms with Gasteiger partial charge >= 0.3 is 5.97 Å². The number of carbonyl (C=O) groups excluding carboxylic acids is 5. The van der Waals surface area contributed by atoms with Crippen molar-refractivity contribution in [2.24, 2.45) is 0 Å². The Morgan fingerprint density at radius 3 is 2.03 bits per heavy atom. The summed E-state index contributed by atoms with van der Waals surface area (Å²) in [7, 11) is 0. The number of nitrogens with one attached hydrogen (secondary N) is 4. The summed E-state index contributed by atoms with van der Waals surface area (Å²) in [5.41, 5.74) is 8.98. The molecular weight excluding hydrogens is 463 g/mol. The van der Waals surface area contributed by atoms with Crippen molar-refractivity contribution < 1.29 is 28.7 Å². The fourth-order valence-electron chi connectivity index (χ4n) is 2.17. The second-order valence-corrected chi connectivity index (χ2v) is 7.00. The van der Waals surface area contributed by atoms with Crippen LogP contribution >= 0.6 is 23.2 Å². The fraction of sp³-hybridized carbons (Fsp3) is 0.150. The van der Waals surface area contributed by atoms with Gasteiger partial charge in [0, 0.05) is 17.0 Å². The molecule has 168 valence electrons. The smallest absolute Gasteiger partial charge is 0.306 e. The van der Waals surface area contributed by atoms with Crippen molar-refractivity contribution in [3.63, 3.8) is 0 Å². The van der Waals surface area contributed by atoms with E-state index in [1.807, 2.05) is 0 Å². The third kappa shape index (κ3) is 8.25. The van der Waals surface area contributed by atoms with Gasteiger partial charge in [-0.25, -0.2) is 0 Å². The summed E-state index contributed by atoms with van der Waals surface area (Å²) in [5.74, 6) is -3.46. The molecule has 0 aliphatic carbocycles. The molecular formula is C20H18Cl2N4O6. The molecule has 0 fully saturated rings. The van der Waals surface area contributed by atoms with Crippen LogP contribution in [-0.4, -0.2) is 36.2 Å². The SMILES string of the molecule is O=C(COC(=O)CCC(=O)NNC(=O)c1ccccc1Cl)NNC(=O)c1ccc(Cl)cc1. The van der Waals surface area contributed by atoms with E-state index < -0.39 is 36.2 Å². The Labute approximate surface area is 192 Å². The third-order valence-corrected chi connectivity index (χ3v) is 4.36. The quantitative estimate of drug-likeness (QED) is 0.349. The Bertz CT molecular complexity index is 1010. The number of benzene rings is 2. The zero-order valence-corrected chi connectivity index (χ0v) is 18.0. The molecule has 12 heteroatoms. The highest BCUT2D eigenvalue weighted by molar-refractivity contribution is 6.33. The summed E-state index contributed by atoms with van der Waals surface area (Å²) in [4.78, 5) is 58.8. The molecule has 0 aliphatic heterocycles. The van der Waals surface area contributed by atoms with Crippen LogP contribution in [0.25, 0.3) is 0 Å². The van der Waals surface area contributed by atoms with Gasteiger partial charge in [-0.15, -0.1) is 0 Å². The van der Waals surface area contributed by atoms with Gasteiger partial charge in [-0.2, -0.15) is 0 Å². The molecule has 32 heavy (non-hydrogen) atoms. The van der Waals surface area contributed by atoms with Gasteiger partial charge in [-0.3, -0.25) is 45.7 Å². The van der Waals surface area contributed by atoms with Crippen molar-refractivity contribution in [1.29, 1.82) is 0 Å². The van der Waals surface area contributed by atoms with E-state index in [-0.39, 0.29) is 29.0 Å². The van der Waals surface area contributed by atoms with Gasteiger partial charge in [0.2, 0.25) is 5.91 Å². The van der Waals surface area contributed by atoms with E-state index in [9.17, 15) is 24.0 Å². The number of halogens is 2. The summed E-state index contributed by atoms with van der Waals surface area (Å²) >= 11 is 11.6. The number of amides is 4. The van der Waals surface area contributed by atoms with Crippen LogP contribution in [0.4, 0.5) is 0 Å². The minimum atomic E-state index is -0.822. The predicted octanol–water partition coefficient (Wildman–Crippen LogP) is 1.54. The standard InChI is InChI=1S/C20H18Cl2N4O6/c21-13-7-5-12(6-8-13)19(30)25-24-17(28)11-32-18(29)10-9-16(27)23-26-20(31)14-3-1-2-4-15(14)22/h1-8H,9-11H2,(H,23,27)(H,24,28)(H,25,30)(H,26,31). The van der Waals surface area contributed by atoms with Gasteiger partial charge in [0.25, 0.3) is 17.7 Å². The number of hydrazine groups is 2. The normalized spacial score (nSPS) is 9.94. The molecule has 0 radical (unpaired) electrons. The van der Waals surface area contributed by atoms with E-state index in [2.05, 4.69) is 21.7 Å². The first-order chi connectivity index (χ1) is 15.3. The average molecular weight is 481 g/mol. The predicted molar refractivity (Wildman–Crippen MR) is 114 cm³/mol. The fourth-order valence-corrected chi connectivity index (χ4v) is 2.52. The van der Waals surface area contributed by atoms with Crippen LogP contribution in [0.5, 0.6) is 0 Å². The highest BCUT2D eigenvalue weighted by atomic mass is 35.5. The molecule has 4 amide bonds. The lowest BCUT2D eigenvalue weighted by molar-refractivity contribution is -0.149. The first-order valence-corrected chi connectivity index (χ1v) is 9.86. The summed E-state index contributed by atoms with van der Waals surface area (Å²) in [6.07, 6.45) is -0.630. The molecule has 10 nitrogen and oxygen atoms in total. The van der Waals surface area contributed by atoms with Gasteiger partial charge < -0.3 is 4.74 Å². The van der Waals surface area contributed by atoms with E-state index in [1.54, 1.807) is 12.1 Å². The zero-order chi connectivity index (χ0) is 23.5. The van der Waals surface area contributed by atoms with E-state index in [0.29, 0.717) is 5.02 Å². The van der Waals surface area contributed by atoms with Gasteiger partial charge in [0.1, 0.15) is 0 Å². The van der Waals surface area contributed by atoms with Crippen LogP contribution < -0.4 is 21.7 Å². The highest BCUT2D eigenvalue weighted by Crippen LogP contribution is 2.14. The number of rotatable bonds is 7. The summed E-state index contributed by atoms with van der Waals surface area (Å²) in [5, 5.41) is 0.666. The van der Waals surface area contributed by atoms with Crippen LogP contribution in [-0.2, 0) is 19.1 Å². The number of hydrogen-bond donors (Lipinski definition) is 4. The Morgan fingerprint density at radius 1 is 0.719 bits per heavy atom. The summed E-state index contributed by atoms with van der Waals surface area (Å²) < 4.78 is 4.71.